The average molecular weight is 349 g/mol. The van der Waals surface area contributed by atoms with Gasteiger partial charge in [-0.15, -0.1) is 0 Å². The highest BCUT2D eigenvalue weighted by Gasteiger charge is 2.18. The molecule has 1 aromatic heterocycles. The lowest BCUT2D eigenvalue weighted by Crippen LogP contribution is -2.41. The SMILES string of the molecule is CCNC(=NCCCN1CCCC1=O)NCCNC(=O)c1ccco1. The van der Waals surface area contributed by atoms with E-state index in [9.17, 15) is 9.59 Å². The number of nitrogens with one attached hydrogen (secondary N) is 3. The Morgan fingerprint density at radius 1 is 1.32 bits per heavy atom. The second kappa shape index (κ2) is 10.4. The zero-order valence-corrected chi connectivity index (χ0v) is 14.7. The van der Waals surface area contributed by atoms with Gasteiger partial charge in [-0.05, 0) is 31.9 Å². The monoisotopic (exact) mass is 349 g/mol. The Kier molecular flexibility index (Phi) is 7.81. The molecular weight excluding hydrogens is 322 g/mol. The van der Waals surface area contributed by atoms with Crippen molar-refractivity contribution in [1.29, 1.82) is 0 Å². The van der Waals surface area contributed by atoms with Crippen molar-refractivity contribution in [2.24, 2.45) is 4.99 Å². The van der Waals surface area contributed by atoms with E-state index in [1.54, 1.807) is 12.1 Å². The van der Waals surface area contributed by atoms with E-state index >= 15 is 0 Å². The molecule has 0 spiro atoms. The number of hydrogen-bond donors (Lipinski definition) is 3. The van der Waals surface area contributed by atoms with Gasteiger partial charge in [-0.1, -0.05) is 0 Å². The molecule has 2 amide bonds. The van der Waals surface area contributed by atoms with Crippen molar-refractivity contribution in [3.05, 3.63) is 24.2 Å². The Balaban J connectivity index is 1.63. The lowest BCUT2D eigenvalue weighted by atomic mass is 10.4. The summed E-state index contributed by atoms with van der Waals surface area (Å²) in [5.74, 6) is 1.03. The van der Waals surface area contributed by atoms with Crippen molar-refractivity contribution in [2.75, 3.05) is 39.3 Å². The van der Waals surface area contributed by atoms with E-state index in [4.69, 9.17) is 4.42 Å². The van der Waals surface area contributed by atoms with Gasteiger partial charge in [-0.3, -0.25) is 14.6 Å². The Bertz CT molecular complexity index is 571. The quantitative estimate of drug-likeness (QED) is 0.344. The van der Waals surface area contributed by atoms with Gasteiger partial charge in [-0.2, -0.15) is 0 Å². The summed E-state index contributed by atoms with van der Waals surface area (Å²) >= 11 is 0. The predicted octanol–water partition coefficient (Wildman–Crippen LogP) is 0.577. The molecule has 2 heterocycles. The number of likely N-dealkylation sites (tertiary alicyclic amines) is 1. The molecule has 8 heteroatoms. The second-order valence-corrected chi connectivity index (χ2v) is 5.76. The van der Waals surface area contributed by atoms with Gasteiger partial charge < -0.3 is 25.3 Å². The maximum absolute atomic E-state index is 11.7. The summed E-state index contributed by atoms with van der Waals surface area (Å²) in [6.45, 7) is 6.07. The van der Waals surface area contributed by atoms with Crippen LogP contribution in [-0.4, -0.2) is 61.9 Å². The molecule has 138 valence electrons. The van der Waals surface area contributed by atoms with Gasteiger partial charge >= 0.3 is 0 Å². The van der Waals surface area contributed by atoms with Crippen LogP contribution >= 0.6 is 0 Å². The smallest absolute Gasteiger partial charge is 0.287 e. The van der Waals surface area contributed by atoms with E-state index < -0.39 is 0 Å². The molecule has 1 aliphatic heterocycles. The van der Waals surface area contributed by atoms with Crippen molar-refractivity contribution in [1.82, 2.24) is 20.9 Å². The molecule has 0 unspecified atom stereocenters. The first-order valence-corrected chi connectivity index (χ1v) is 8.82. The van der Waals surface area contributed by atoms with Crippen molar-refractivity contribution in [2.45, 2.75) is 26.2 Å². The summed E-state index contributed by atoms with van der Waals surface area (Å²) in [5, 5.41) is 9.10. The number of aliphatic imine (C=N–C) groups is 1. The lowest BCUT2D eigenvalue weighted by Gasteiger charge is -2.15. The van der Waals surface area contributed by atoms with Crippen LogP contribution in [0.25, 0.3) is 0 Å². The highest BCUT2D eigenvalue weighted by molar-refractivity contribution is 5.91. The van der Waals surface area contributed by atoms with E-state index in [1.165, 1.54) is 6.26 Å². The standard InChI is InChI=1S/C17H27N5O3/c1-2-18-17(20-8-5-12-22-11-3-7-15(22)23)21-10-9-19-16(24)14-6-4-13-25-14/h4,6,13H,2-3,5,7-12H2,1H3,(H,19,24)(H2,18,20,21). The van der Waals surface area contributed by atoms with E-state index in [-0.39, 0.29) is 11.8 Å². The van der Waals surface area contributed by atoms with Crippen LogP contribution in [-0.2, 0) is 4.79 Å². The minimum absolute atomic E-state index is 0.232. The molecule has 3 N–H and O–H groups in total. The van der Waals surface area contributed by atoms with Crippen LogP contribution in [0.5, 0.6) is 0 Å². The summed E-state index contributed by atoms with van der Waals surface area (Å²) in [5.41, 5.74) is 0. The molecule has 0 radical (unpaired) electrons. The van der Waals surface area contributed by atoms with Crippen molar-refractivity contribution in [3.8, 4) is 0 Å². The lowest BCUT2D eigenvalue weighted by molar-refractivity contribution is -0.127. The highest BCUT2D eigenvalue weighted by atomic mass is 16.3. The largest absolute Gasteiger partial charge is 0.459 e. The van der Waals surface area contributed by atoms with Crippen molar-refractivity contribution in [3.63, 3.8) is 0 Å². The summed E-state index contributed by atoms with van der Waals surface area (Å²) in [4.78, 5) is 29.7. The first-order chi connectivity index (χ1) is 12.2. The van der Waals surface area contributed by atoms with Gasteiger partial charge in [0.05, 0.1) is 6.26 Å². The molecule has 1 aromatic rings. The Morgan fingerprint density at radius 2 is 2.16 bits per heavy atom. The van der Waals surface area contributed by atoms with E-state index in [0.717, 1.165) is 32.5 Å². The average Bonchev–Trinajstić information content (AvgIpc) is 3.27. The molecule has 1 aliphatic rings. The Labute approximate surface area is 148 Å². The van der Waals surface area contributed by atoms with Crippen LogP contribution in [0.3, 0.4) is 0 Å². The molecule has 0 bridgehead atoms. The summed E-state index contributed by atoms with van der Waals surface area (Å²) in [7, 11) is 0. The number of furan rings is 1. The number of nitrogens with zero attached hydrogens (tertiary/aromatic N) is 2. The summed E-state index contributed by atoms with van der Waals surface area (Å²) in [6.07, 6.45) is 3.96. The van der Waals surface area contributed by atoms with Gasteiger partial charge in [0.15, 0.2) is 11.7 Å². The third-order valence-corrected chi connectivity index (χ3v) is 3.82. The summed E-state index contributed by atoms with van der Waals surface area (Å²) in [6, 6.07) is 3.30. The zero-order valence-electron chi connectivity index (χ0n) is 14.7. The zero-order chi connectivity index (χ0) is 17.9. The number of carbonyl (C=O) groups excluding carboxylic acids is 2. The maximum Gasteiger partial charge on any atom is 0.287 e. The van der Waals surface area contributed by atoms with Crippen LogP contribution in [0.15, 0.2) is 27.8 Å². The molecule has 2 rings (SSSR count). The van der Waals surface area contributed by atoms with E-state index in [2.05, 4.69) is 20.9 Å². The number of hydrogen-bond acceptors (Lipinski definition) is 4. The second-order valence-electron chi connectivity index (χ2n) is 5.76. The van der Waals surface area contributed by atoms with Crippen LogP contribution in [0, 0.1) is 0 Å². The van der Waals surface area contributed by atoms with Crippen LogP contribution in [0.1, 0.15) is 36.7 Å². The number of amides is 2. The Morgan fingerprint density at radius 3 is 2.84 bits per heavy atom. The van der Waals surface area contributed by atoms with Gasteiger partial charge in [0.2, 0.25) is 5.91 Å². The van der Waals surface area contributed by atoms with E-state index in [1.807, 2.05) is 11.8 Å². The maximum atomic E-state index is 11.7. The fourth-order valence-corrected chi connectivity index (χ4v) is 2.59. The molecule has 0 saturated carbocycles. The van der Waals surface area contributed by atoms with Crippen molar-refractivity contribution >= 4 is 17.8 Å². The molecule has 8 nitrogen and oxygen atoms in total. The van der Waals surface area contributed by atoms with Gasteiger partial charge in [0, 0.05) is 45.7 Å². The van der Waals surface area contributed by atoms with E-state index in [0.29, 0.717) is 37.8 Å². The molecule has 1 saturated heterocycles. The minimum Gasteiger partial charge on any atom is -0.459 e. The minimum atomic E-state index is -0.232. The van der Waals surface area contributed by atoms with Crippen LogP contribution in [0.2, 0.25) is 0 Å². The molecule has 1 fully saturated rings. The number of guanidine groups is 1. The first kappa shape index (κ1) is 18.8. The number of carbonyl (C=O) groups is 2. The first-order valence-electron chi connectivity index (χ1n) is 8.82. The molecule has 0 atom stereocenters. The summed E-state index contributed by atoms with van der Waals surface area (Å²) < 4.78 is 5.03. The Hall–Kier alpha value is -2.51. The molecule has 0 aliphatic carbocycles. The fraction of sp³-hybridized carbons (Fsp3) is 0.588. The highest BCUT2D eigenvalue weighted by Crippen LogP contribution is 2.09. The molecule has 25 heavy (non-hydrogen) atoms. The normalized spacial score (nSPS) is 14.7. The topological polar surface area (TPSA) is 99.0 Å². The number of rotatable bonds is 9. The predicted molar refractivity (Wildman–Crippen MR) is 95.5 cm³/mol. The van der Waals surface area contributed by atoms with Gasteiger partial charge in [-0.25, -0.2) is 0 Å². The fourth-order valence-electron chi connectivity index (χ4n) is 2.59. The van der Waals surface area contributed by atoms with Gasteiger partial charge in [0.1, 0.15) is 0 Å². The molecule has 0 aromatic carbocycles. The van der Waals surface area contributed by atoms with Crippen LogP contribution < -0.4 is 16.0 Å². The van der Waals surface area contributed by atoms with Gasteiger partial charge in [0.25, 0.3) is 5.91 Å². The molecular formula is C17H27N5O3. The third kappa shape index (κ3) is 6.48. The third-order valence-electron chi connectivity index (χ3n) is 3.82. The van der Waals surface area contributed by atoms with Crippen molar-refractivity contribution < 1.29 is 14.0 Å². The van der Waals surface area contributed by atoms with Crippen LogP contribution in [0.4, 0.5) is 0 Å².